The van der Waals surface area contributed by atoms with Crippen molar-refractivity contribution in [3.63, 3.8) is 0 Å². The lowest BCUT2D eigenvalue weighted by molar-refractivity contribution is 0.118. The number of nitrogens with zero attached hydrogens (tertiary/aromatic N) is 6. The maximum absolute atomic E-state index is 13.5. The summed E-state index contributed by atoms with van der Waals surface area (Å²) in [5.74, 6) is -0.369. The maximum atomic E-state index is 13.5. The highest BCUT2D eigenvalue weighted by molar-refractivity contribution is 5.51. The summed E-state index contributed by atoms with van der Waals surface area (Å²) in [6, 6.07) is 85.3. The van der Waals surface area contributed by atoms with Crippen LogP contribution in [-0.4, -0.2) is 128 Å². The molecule has 2 unspecified atom stereocenters. The van der Waals surface area contributed by atoms with E-state index in [0.29, 0.717) is 6.04 Å². The Hall–Kier alpha value is -8.18. The van der Waals surface area contributed by atoms with Crippen molar-refractivity contribution in [1.29, 1.82) is 0 Å². The molecule has 3 saturated heterocycles. The van der Waals surface area contributed by atoms with Crippen LogP contribution in [0, 0.1) is 25.5 Å². The summed E-state index contributed by atoms with van der Waals surface area (Å²) >= 11 is 0. The third kappa shape index (κ3) is 18.9. The Morgan fingerprint density at radius 1 is 0.273 bits per heavy atom. The van der Waals surface area contributed by atoms with Gasteiger partial charge in [-0.1, -0.05) is 272 Å². The predicted octanol–water partition coefficient (Wildman–Crippen LogP) is 16.2. The SMILES string of the molecule is Cc1ccc(/C=C/CN2CCN(C(c3ccccc3)c3ccc(F)cc3)CC2)cc1.Cc1ccc(/C=C/CN2CCN(C(c3ccccc3)c3ccccc3)CC2)cc1.Fc1ccc(C(c2ccccc2)N2CCN(C/C=C/c3ccccc3)CC2)cc1. The van der Waals surface area contributed by atoms with E-state index >= 15 is 0 Å². The fourth-order valence-corrected chi connectivity index (χ4v) is 12.2. The van der Waals surface area contributed by atoms with Gasteiger partial charge in [-0.15, -0.1) is 0 Å². The summed E-state index contributed by atoms with van der Waals surface area (Å²) in [6.07, 6.45) is 13.4. The third-order valence-corrected chi connectivity index (χ3v) is 17.1. The predicted molar refractivity (Wildman–Crippen MR) is 364 cm³/mol. The van der Waals surface area contributed by atoms with E-state index in [1.165, 1.54) is 50.1 Å². The summed E-state index contributed by atoms with van der Waals surface area (Å²) in [7, 11) is 0. The zero-order valence-corrected chi connectivity index (χ0v) is 51.4. The van der Waals surface area contributed by atoms with Crippen LogP contribution in [0.3, 0.4) is 0 Å². The zero-order valence-electron chi connectivity index (χ0n) is 51.4. The monoisotopic (exact) mass is 1170 g/mol. The topological polar surface area (TPSA) is 19.4 Å². The molecule has 3 heterocycles. The second-order valence-electron chi connectivity index (χ2n) is 23.4. The lowest BCUT2D eigenvalue weighted by Crippen LogP contribution is -2.47. The molecule has 6 nitrogen and oxygen atoms in total. The van der Waals surface area contributed by atoms with Gasteiger partial charge in [0.15, 0.2) is 0 Å². The van der Waals surface area contributed by atoms with Crippen LogP contribution in [0.4, 0.5) is 8.78 Å². The number of halogens is 2. The van der Waals surface area contributed by atoms with Gasteiger partial charge in [0.25, 0.3) is 0 Å². The second-order valence-corrected chi connectivity index (χ2v) is 23.4. The van der Waals surface area contributed by atoms with Crippen molar-refractivity contribution < 1.29 is 8.78 Å². The van der Waals surface area contributed by atoms with Gasteiger partial charge in [-0.05, 0) is 88.2 Å². The molecule has 12 rings (SSSR count). The van der Waals surface area contributed by atoms with Crippen molar-refractivity contribution in [3.8, 4) is 0 Å². The van der Waals surface area contributed by atoms with E-state index in [0.717, 1.165) is 109 Å². The van der Waals surface area contributed by atoms with Crippen LogP contribution >= 0.6 is 0 Å². The van der Waals surface area contributed by atoms with E-state index in [1.807, 2.05) is 42.5 Å². The maximum Gasteiger partial charge on any atom is 0.123 e. The Bertz CT molecular complexity index is 3450. The van der Waals surface area contributed by atoms with Gasteiger partial charge in [-0.25, -0.2) is 8.78 Å². The molecule has 8 heteroatoms. The van der Waals surface area contributed by atoms with Gasteiger partial charge in [-0.2, -0.15) is 0 Å². The average Bonchev–Trinajstić information content (AvgIpc) is 3.77. The van der Waals surface area contributed by atoms with Crippen molar-refractivity contribution in [1.82, 2.24) is 29.4 Å². The third-order valence-electron chi connectivity index (χ3n) is 17.1. The van der Waals surface area contributed by atoms with Gasteiger partial charge in [-0.3, -0.25) is 29.4 Å². The minimum absolute atomic E-state index is 0.164. The highest BCUT2D eigenvalue weighted by atomic mass is 19.1. The van der Waals surface area contributed by atoms with E-state index in [4.69, 9.17) is 0 Å². The summed E-state index contributed by atoms with van der Waals surface area (Å²) in [5.41, 5.74) is 14.0. The first-order valence-electron chi connectivity index (χ1n) is 31.6. The molecule has 0 saturated carbocycles. The van der Waals surface area contributed by atoms with Gasteiger partial charge in [0.05, 0.1) is 18.1 Å². The van der Waals surface area contributed by atoms with Gasteiger partial charge in [0.1, 0.15) is 11.6 Å². The molecular weight excluding hydrogens is 1080 g/mol. The number of rotatable bonds is 18. The summed E-state index contributed by atoms with van der Waals surface area (Å²) in [6.45, 7) is 19.7. The highest BCUT2D eigenvalue weighted by Crippen LogP contribution is 2.33. The first kappa shape index (κ1) is 62.9. The molecule has 0 amide bonds. The van der Waals surface area contributed by atoms with Gasteiger partial charge in [0.2, 0.25) is 0 Å². The van der Waals surface area contributed by atoms with E-state index in [9.17, 15) is 8.78 Å². The molecule has 450 valence electrons. The molecule has 9 aromatic carbocycles. The Morgan fingerprint density at radius 2 is 0.500 bits per heavy atom. The standard InChI is InChI=1S/C27H29FN2.C27H30N2.C26H27FN2/c1-22-9-11-23(12-10-22)6-5-17-29-18-20-30(21-19-29)27(24-7-3-2-4-8-24)25-13-15-26(28)16-14-25;1-23-14-16-24(17-15-23)9-8-18-28-19-21-29(22-20-28)27(25-10-4-2-5-11-25)26-12-6-3-7-13-26;27-25-15-13-24(14-16-25)26(23-11-5-2-6-12-23)29-20-18-28(19-21-29)17-7-10-22-8-3-1-4-9-22/h2-16,27H,17-21H2,1H3;2-17,27H,18-22H2,1H3;1-16,26H,17-21H2/b6-5+;9-8+;10-7+. The average molecular weight is 1170 g/mol. The van der Waals surface area contributed by atoms with Crippen LogP contribution in [0.15, 0.2) is 267 Å². The summed E-state index contributed by atoms with van der Waals surface area (Å²) in [4.78, 5) is 15.2. The lowest BCUT2D eigenvalue weighted by atomic mass is 9.96. The molecule has 9 aromatic rings. The van der Waals surface area contributed by atoms with E-state index in [1.54, 1.807) is 24.3 Å². The van der Waals surface area contributed by atoms with Crippen LogP contribution < -0.4 is 0 Å². The number of hydrogen-bond acceptors (Lipinski definition) is 6. The summed E-state index contributed by atoms with van der Waals surface area (Å²) < 4.78 is 26.9. The molecular formula is C80H86F2N6. The Kier molecular flexibility index (Phi) is 23.7. The molecule has 3 aliphatic heterocycles. The normalized spacial score (nSPS) is 16.5. The minimum atomic E-state index is -0.185. The van der Waals surface area contributed by atoms with Crippen molar-refractivity contribution >= 4 is 18.2 Å². The second kappa shape index (κ2) is 33.2. The van der Waals surface area contributed by atoms with Crippen LogP contribution in [0.25, 0.3) is 18.2 Å². The number of aryl methyl sites for hydroxylation is 2. The highest BCUT2D eigenvalue weighted by Gasteiger charge is 2.29. The minimum Gasteiger partial charge on any atom is -0.297 e. The first-order chi connectivity index (χ1) is 43.3. The molecule has 0 aromatic heterocycles. The van der Waals surface area contributed by atoms with Crippen LogP contribution in [-0.2, 0) is 0 Å². The molecule has 0 radical (unpaired) electrons. The fraction of sp³-hybridized carbons (Fsp3) is 0.250. The van der Waals surface area contributed by atoms with Gasteiger partial charge in [0, 0.05) is 98.2 Å². The number of piperazine rings is 3. The quantitative estimate of drug-likeness (QED) is 0.0847. The molecule has 3 fully saturated rings. The molecule has 88 heavy (non-hydrogen) atoms. The number of hydrogen-bond donors (Lipinski definition) is 0. The summed E-state index contributed by atoms with van der Waals surface area (Å²) in [5, 5.41) is 0. The molecule has 0 N–H and O–H groups in total. The van der Waals surface area contributed by atoms with Crippen LogP contribution in [0.1, 0.15) is 79.3 Å². The molecule has 0 bridgehead atoms. The fourth-order valence-electron chi connectivity index (χ4n) is 12.2. The van der Waals surface area contributed by atoms with E-state index < -0.39 is 0 Å². The van der Waals surface area contributed by atoms with Crippen molar-refractivity contribution in [3.05, 3.63) is 340 Å². The Labute approximate surface area is 523 Å². The van der Waals surface area contributed by atoms with Crippen molar-refractivity contribution in [2.24, 2.45) is 0 Å². The van der Waals surface area contributed by atoms with Crippen molar-refractivity contribution in [2.75, 3.05) is 98.2 Å². The molecule has 3 aliphatic rings. The van der Waals surface area contributed by atoms with E-state index in [-0.39, 0.29) is 23.7 Å². The van der Waals surface area contributed by atoms with E-state index in [2.05, 4.69) is 262 Å². The lowest BCUT2D eigenvalue weighted by Gasteiger charge is -2.39. The van der Waals surface area contributed by atoms with Crippen molar-refractivity contribution in [2.45, 2.75) is 32.0 Å². The van der Waals surface area contributed by atoms with Gasteiger partial charge < -0.3 is 0 Å². The van der Waals surface area contributed by atoms with Crippen LogP contribution in [0.2, 0.25) is 0 Å². The van der Waals surface area contributed by atoms with Crippen LogP contribution in [0.5, 0.6) is 0 Å². The first-order valence-corrected chi connectivity index (χ1v) is 31.6. The number of benzene rings is 9. The smallest absolute Gasteiger partial charge is 0.123 e. The molecule has 2 atom stereocenters. The molecule has 0 aliphatic carbocycles. The van der Waals surface area contributed by atoms with Gasteiger partial charge >= 0.3 is 0 Å². The zero-order chi connectivity index (χ0) is 60.5. The Balaban J connectivity index is 0.000000146. The molecule has 0 spiro atoms. The largest absolute Gasteiger partial charge is 0.297 e. The Morgan fingerprint density at radius 3 is 0.761 bits per heavy atom.